The Hall–Kier alpha value is -1.03. The number of aromatic nitrogens is 2. The molecule has 0 spiro atoms. The maximum Gasteiger partial charge on any atom is 0.136 e. The molecular formula is C9H17N3O. The Bertz CT molecular complexity index is 268. The average Bonchev–Trinajstić information content (AvgIpc) is 2.43. The summed E-state index contributed by atoms with van der Waals surface area (Å²) in [6.45, 7) is 7.35. The van der Waals surface area contributed by atoms with Gasteiger partial charge in [-0.25, -0.2) is 4.98 Å². The van der Waals surface area contributed by atoms with Crippen molar-refractivity contribution in [2.45, 2.75) is 33.4 Å². The zero-order valence-corrected chi connectivity index (χ0v) is 8.45. The van der Waals surface area contributed by atoms with Gasteiger partial charge in [-0.05, 0) is 20.8 Å². The van der Waals surface area contributed by atoms with Crippen molar-refractivity contribution in [3.05, 3.63) is 12.0 Å². The fraction of sp³-hybridized carbons (Fsp3) is 0.667. The second-order valence-corrected chi connectivity index (χ2v) is 3.20. The van der Waals surface area contributed by atoms with Gasteiger partial charge in [0.05, 0.1) is 6.20 Å². The minimum Gasteiger partial charge on any atom is -0.384 e. The molecule has 1 aromatic heterocycles. The first kappa shape index (κ1) is 10.1. The molecule has 4 heteroatoms. The van der Waals surface area contributed by atoms with Gasteiger partial charge in [-0.2, -0.15) is 0 Å². The molecule has 0 amide bonds. The number of ether oxygens (including phenoxy) is 1. The fourth-order valence-electron chi connectivity index (χ4n) is 1.31. The lowest BCUT2D eigenvalue weighted by molar-refractivity contribution is 0.125. The zero-order chi connectivity index (χ0) is 9.84. The van der Waals surface area contributed by atoms with Crippen LogP contribution in [0.2, 0.25) is 0 Å². The second-order valence-electron chi connectivity index (χ2n) is 3.20. The van der Waals surface area contributed by atoms with E-state index in [-0.39, 0.29) is 0 Å². The third kappa shape index (κ3) is 2.21. The molecule has 0 bridgehead atoms. The number of anilines is 1. The molecule has 0 atom stereocenters. The quantitative estimate of drug-likeness (QED) is 0.771. The van der Waals surface area contributed by atoms with Gasteiger partial charge < -0.3 is 15.0 Å². The molecule has 0 saturated heterocycles. The van der Waals surface area contributed by atoms with Crippen LogP contribution in [0, 0.1) is 0 Å². The van der Waals surface area contributed by atoms with Gasteiger partial charge in [-0.15, -0.1) is 0 Å². The largest absolute Gasteiger partial charge is 0.384 e. The first-order chi connectivity index (χ1) is 6.16. The van der Waals surface area contributed by atoms with Crippen LogP contribution in [-0.2, 0) is 11.3 Å². The summed E-state index contributed by atoms with van der Waals surface area (Å²) in [4.78, 5) is 4.19. The highest BCUT2D eigenvalue weighted by Gasteiger charge is 2.09. The van der Waals surface area contributed by atoms with Gasteiger partial charge in [0.2, 0.25) is 0 Å². The summed E-state index contributed by atoms with van der Waals surface area (Å²) < 4.78 is 7.27. The summed E-state index contributed by atoms with van der Waals surface area (Å²) >= 11 is 0. The molecule has 0 radical (unpaired) electrons. The van der Waals surface area contributed by atoms with Crippen LogP contribution in [0.5, 0.6) is 0 Å². The van der Waals surface area contributed by atoms with Crippen LogP contribution in [0.1, 0.15) is 32.6 Å². The number of hydrogen-bond acceptors (Lipinski definition) is 3. The molecule has 1 aromatic rings. The monoisotopic (exact) mass is 183 g/mol. The third-order valence-electron chi connectivity index (χ3n) is 1.85. The fourth-order valence-corrected chi connectivity index (χ4v) is 1.31. The van der Waals surface area contributed by atoms with E-state index in [0.29, 0.717) is 25.1 Å². The van der Waals surface area contributed by atoms with Crippen molar-refractivity contribution in [1.82, 2.24) is 9.55 Å². The first-order valence-electron chi connectivity index (χ1n) is 4.56. The van der Waals surface area contributed by atoms with Gasteiger partial charge in [0.15, 0.2) is 0 Å². The van der Waals surface area contributed by atoms with Crippen molar-refractivity contribution in [3.8, 4) is 0 Å². The Morgan fingerprint density at radius 2 is 2.31 bits per heavy atom. The highest BCUT2D eigenvalue weighted by Crippen LogP contribution is 2.15. The van der Waals surface area contributed by atoms with E-state index in [0.717, 1.165) is 5.82 Å². The van der Waals surface area contributed by atoms with Crippen LogP contribution in [-0.4, -0.2) is 16.2 Å². The van der Waals surface area contributed by atoms with Crippen LogP contribution in [0.3, 0.4) is 0 Å². The van der Waals surface area contributed by atoms with Crippen molar-refractivity contribution in [1.29, 1.82) is 0 Å². The molecule has 4 nitrogen and oxygen atoms in total. The van der Waals surface area contributed by atoms with Crippen molar-refractivity contribution >= 4 is 5.82 Å². The highest BCUT2D eigenvalue weighted by atomic mass is 16.5. The van der Waals surface area contributed by atoms with Gasteiger partial charge in [0.1, 0.15) is 18.2 Å². The Kier molecular flexibility index (Phi) is 3.31. The molecule has 1 rings (SSSR count). The lowest BCUT2D eigenvalue weighted by atomic mass is 10.4. The highest BCUT2D eigenvalue weighted by molar-refractivity contribution is 5.28. The second kappa shape index (κ2) is 4.28. The summed E-state index contributed by atoms with van der Waals surface area (Å²) in [5, 5.41) is 0. The van der Waals surface area contributed by atoms with Crippen LogP contribution in [0.15, 0.2) is 6.20 Å². The number of nitrogen functional groups attached to an aromatic ring is 1. The molecular weight excluding hydrogens is 166 g/mol. The van der Waals surface area contributed by atoms with E-state index in [4.69, 9.17) is 10.5 Å². The molecule has 0 unspecified atom stereocenters. The molecule has 13 heavy (non-hydrogen) atoms. The van der Waals surface area contributed by atoms with E-state index in [2.05, 4.69) is 18.8 Å². The average molecular weight is 183 g/mol. The molecule has 74 valence electrons. The number of rotatable bonds is 4. The first-order valence-corrected chi connectivity index (χ1v) is 4.56. The van der Waals surface area contributed by atoms with Crippen LogP contribution in [0.4, 0.5) is 5.82 Å². The van der Waals surface area contributed by atoms with Crippen LogP contribution >= 0.6 is 0 Å². The van der Waals surface area contributed by atoms with E-state index < -0.39 is 0 Å². The Morgan fingerprint density at radius 1 is 1.62 bits per heavy atom. The number of hydrogen-bond donors (Lipinski definition) is 1. The smallest absolute Gasteiger partial charge is 0.136 e. The maximum atomic E-state index is 5.76. The van der Waals surface area contributed by atoms with Crippen LogP contribution in [0.25, 0.3) is 0 Å². The maximum absolute atomic E-state index is 5.76. The van der Waals surface area contributed by atoms with E-state index in [9.17, 15) is 0 Å². The minimum absolute atomic E-state index is 0.331. The molecule has 2 N–H and O–H groups in total. The van der Waals surface area contributed by atoms with Crippen molar-refractivity contribution in [2.24, 2.45) is 0 Å². The number of nitrogens with zero attached hydrogens (tertiary/aromatic N) is 2. The normalized spacial score (nSPS) is 11.1. The molecule has 0 aromatic carbocycles. The Balaban J connectivity index is 2.81. The van der Waals surface area contributed by atoms with Crippen molar-refractivity contribution in [3.63, 3.8) is 0 Å². The predicted octanol–water partition coefficient (Wildman–Crippen LogP) is 1.58. The summed E-state index contributed by atoms with van der Waals surface area (Å²) in [5.74, 6) is 1.60. The molecule has 0 fully saturated rings. The topological polar surface area (TPSA) is 53.1 Å². The number of imidazole rings is 1. The van der Waals surface area contributed by atoms with E-state index >= 15 is 0 Å². The Morgan fingerprint density at radius 3 is 2.85 bits per heavy atom. The molecule has 0 aliphatic rings. The third-order valence-corrected chi connectivity index (χ3v) is 1.85. The summed E-state index contributed by atoms with van der Waals surface area (Å²) in [6, 6.07) is 0.331. The number of nitrogens with two attached hydrogens (primary N) is 1. The van der Waals surface area contributed by atoms with Gasteiger partial charge in [-0.3, -0.25) is 0 Å². The van der Waals surface area contributed by atoms with E-state index in [1.807, 2.05) is 11.5 Å². The van der Waals surface area contributed by atoms with Crippen molar-refractivity contribution < 1.29 is 4.74 Å². The van der Waals surface area contributed by atoms with E-state index in [1.165, 1.54) is 0 Å². The van der Waals surface area contributed by atoms with Gasteiger partial charge in [-0.1, -0.05) is 0 Å². The summed E-state index contributed by atoms with van der Waals surface area (Å²) in [5.41, 5.74) is 5.76. The predicted molar refractivity (Wildman–Crippen MR) is 52.4 cm³/mol. The summed E-state index contributed by atoms with van der Waals surface area (Å²) in [6.07, 6.45) is 1.67. The van der Waals surface area contributed by atoms with Gasteiger partial charge in [0.25, 0.3) is 0 Å². The zero-order valence-electron chi connectivity index (χ0n) is 8.45. The molecule has 0 aliphatic carbocycles. The lowest BCUT2D eigenvalue weighted by Crippen LogP contribution is -2.10. The van der Waals surface area contributed by atoms with E-state index in [1.54, 1.807) is 6.20 Å². The van der Waals surface area contributed by atoms with Gasteiger partial charge >= 0.3 is 0 Å². The standard InChI is InChI=1S/C9H17N3O/c1-4-13-6-9-11-5-8(10)12(9)7(2)3/h5,7H,4,6,10H2,1-3H3. The molecule has 0 aliphatic heterocycles. The molecule has 0 saturated carbocycles. The minimum atomic E-state index is 0.331. The van der Waals surface area contributed by atoms with Crippen molar-refractivity contribution in [2.75, 3.05) is 12.3 Å². The van der Waals surface area contributed by atoms with Gasteiger partial charge in [0, 0.05) is 12.6 Å². The SMILES string of the molecule is CCOCc1ncc(N)n1C(C)C. The molecule has 1 heterocycles. The summed E-state index contributed by atoms with van der Waals surface area (Å²) in [7, 11) is 0. The Labute approximate surface area is 78.7 Å². The lowest BCUT2D eigenvalue weighted by Gasteiger charge is -2.13. The van der Waals surface area contributed by atoms with Crippen LogP contribution < -0.4 is 5.73 Å².